The SMILES string of the molecule is Brc1ccc2ccc3c(Br)ccc4ccc1c2c43.CC(C)c1ccc2ccc3c(C(C)C)ccc4ccc1c2c43. The monoisotopic (exact) mass is 644 g/mol. The van der Waals surface area contributed by atoms with Crippen LogP contribution in [0.3, 0.4) is 0 Å². The van der Waals surface area contributed by atoms with E-state index in [9.17, 15) is 0 Å². The van der Waals surface area contributed by atoms with Crippen molar-refractivity contribution in [3.8, 4) is 0 Å². The lowest BCUT2D eigenvalue weighted by molar-refractivity contribution is 0.876. The largest absolute Gasteiger partial charge is 0.0587 e. The van der Waals surface area contributed by atoms with Crippen LogP contribution in [0.15, 0.2) is 106 Å². The lowest BCUT2D eigenvalue weighted by atomic mass is 9.86. The van der Waals surface area contributed by atoms with Gasteiger partial charge in [0.2, 0.25) is 0 Å². The highest BCUT2D eigenvalue weighted by Crippen LogP contribution is 2.41. The van der Waals surface area contributed by atoms with Gasteiger partial charge in [-0.15, -0.1) is 0 Å². The first kappa shape index (κ1) is 25.7. The van der Waals surface area contributed by atoms with Gasteiger partial charge in [0.1, 0.15) is 0 Å². The lowest BCUT2D eigenvalue weighted by Gasteiger charge is -2.18. The first-order valence-electron chi connectivity index (χ1n) is 14.1. The highest BCUT2D eigenvalue weighted by molar-refractivity contribution is 9.11. The molecule has 0 spiro atoms. The number of rotatable bonds is 2. The molecular formula is C38H30Br2. The number of hydrogen-bond donors (Lipinski definition) is 0. The number of hydrogen-bond acceptors (Lipinski definition) is 0. The second kappa shape index (κ2) is 9.72. The molecule has 8 aromatic carbocycles. The number of benzene rings is 8. The molecule has 0 amide bonds. The molecule has 8 aromatic rings. The predicted molar refractivity (Wildman–Crippen MR) is 184 cm³/mol. The van der Waals surface area contributed by atoms with Gasteiger partial charge >= 0.3 is 0 Å². The third-order valence-electron chi connectivity index (χ3n) is 8.53. The molecular weight excluding hydrogens is 616 g/mol. The molecule has 0 unspecified atom stereocenters. The van der Waals surface area contributed by atoms with Gasteiger partial charge in [-0.1, -0.05) is 144 Å². The van der Waals surface area contributed by atoms with E-state index in [1.807, 2.05) is 0 Å². The fourth-order valence-electron chi connectivity index (χ4n) is 6.58. The Hall–Kier alpha value is -3.20. The maximum Gasteiger partial charge on any atom is 0.0254 e. The van der Waals surface area contributed by atoms with Crippen molar-refractivity contribution in [1.82, 2.24) is 0 Å². The number of halogens is 2. The first-order chi connectivity index (χ1) is 19.3. The third-order valence-corrected chi connectivity index (χ3v) is 9.92. The molecule has 0 aromatic heterocycles. The highest BCUT2D eigenvalue weighted by atomic mass is 79.9. The molecule has 2 heteroatoms. The van der Waals surface area contributed by atoms with E-state index in [1.54, 1.807) is 0 Å². The molecule has 0 saturated heterocycles. The fourth-order valence-corrected chi connectivity index (χ4v) is 7.51. The van der Waals surface area contributed by atoms with Crippen LogP contribution >= 0.6 is 31.9 Å². The Morgan fingerprint density at radius 2 is 0.625 bits per heavy atom. The summed E-state index contributed by atoms with van der Waals surface area (Å²) in [6, 6.07) is 35.8. The summed E-state index contributed by atoms with van der Waals surface area (Å²) < 4.78 is 2.31. The van der Waals surface area contributed by atoms with Gasteiger partial charge in [0.25, 0.3) is 0 Å². The Balaban J connectivity index is 0.000000135. The zero-order valence-corrected chi connectivity index (χ0v) is 26.3. The van der Waals surface area contributed by atoms with Gasteiger partial charge in [-0.05, 0) is 99.7 Å². The second-order valence-electron chi connectivity index (χ2n) is 11.6. The zero-order chi connectivity index (χ0) is 27.7. The molecule has 0 aliphatic carbocycles. The summed E-state index contributed by atoms with van der Waals surface area (Å²) in [7, 11) is 0. The van der Waals surface area contributed by atoms with Crippen molar-refractivity contribution < 1.29 is 0 Å². The Kier molecular flexibility index (Phi) is 6.25. The van der Waals surface area contributed by atoms with Gasteiger partial charge in [0.05, 0.1) is 0 Å². The fraction of sp³-hybridized carbons (Fsp3) is 0.158. The maximum absolute atomic E-state index is 3.65. The van der Waals surface area contributed by atoms with Gasteiger partial charge in [-0.3, -0.25) is 0 Å². The summed E-state index contributed by atoms with van der Waals surface area (Å²) in [5.41, 5.74) is 2.91. The topological polar surface area (TPSA) is 0 Å². The summed E-state index contributed by atoms with van der Waals surface area (Å²) in [4.78, 5) is 0. The Bertz CT molecular complexity index is 2030. The van der Waals surface area contributed by atoms with E-state index in [4.69, 9.17) is 0 Å². The van der Waals surface area contributed by atoms with Crippen molar-refractivity contribution in [2.24, 2.45) is 0 Å². The molecule has 0 fully saturated rings. The van der Waals surface area contributed by atoms with Crippen LogP contribution in [0.25, 0.3) is 64.6 Å². The summed E-state index contributed by atoms with van der Waals surface area (Å²) in [5.74, 6) is 1.10. The van der Waals surface area contributed by atoms with E-state index in [2.05, 4.69) is 157 Å². The van der Waals surface area contributed by atoms with Crippen LogP contribution in [0.1, 0.15) is 50.7 Å². The van der Waals surface area contributed by atoms with Crippen LogP contribution in [0.2, 0.25) is 0 Å². The van der Waals surface area contributed by atoms with E-state index < -0.39 is 0 Å². The summed E-state index contributed by atoms with van der Waals surface area (Å²) in [5, 5.41) is 16.3. The molecule has 0 nitrogen and oxygen atoms in total. The minimum Gasteiger partial charge on any atom is -0.0587 e. The van der Waals surface area contributed by atoms with E-state index in [-0.39, 0.29) is 0 Å². The third kappa shape index (κ3) is 3.91. The summed E-state index contributed by atoms with van der Waals surface area (Å²) in [6.45, 7) is 9.13. The molecule has 196 valence electrons. The smallest absolute Gasteiger partial charge is 0.0254 e. The van der Waals surface area contributed by atoms with Crippen molar-refractivity contribution in [2.75, 3.05) is 0 Å². The van der Waals surface area contributed by atoms with Crippen LogP contribution < -0.4 is 0 Å². The van der Waals surface area contributed by atoms with Gasteiger partial charge in [-0.25, -0.2) is 0 Å². The normalized spacial score (nSPS) is 12.2. The average Bonchev–Trinajstić information content (AvgIpc) is 2.96. The zero-order valence-electron chi connectivity index (χ0n) is 23.1. The van der Waals surface area contributed by atoms with E-state index in [0.717, 1.165) is 8.95 Å². The van der Waals surface area contributed by atoms with E-state index in [0.29, 0.717) is 11.8 Å². The molecule has 0 saturated carbocycles. The Morgan fingerprint density at radius 1 is 0.350 bits per heavy atom. The molecule has 0 bridgehead atoms. The molecule has 0 aliphatic rings. The van der Waals surface area contributed by atoms with Crippen molar-refractivity contribution in [1.29, 1.82) is 0 Å². The summed E-state index contributed by atoms with van der Waals surface area (Å²) >= 11 is 7.30. The van der Waals surface area contributed by atoms with Crippen LogP contribution in [-0.2, 0) is 0 Å². The minimum atomic E-state index is 0.550. The maximum atomic E-state index is 3.65. The molecule has 40 heavy (non-hydrogen) atoms. The molecule has 0 atom stereocenters. The van der Waals surface area contributed by atoms with Gasteiger partial charge in [-0.2, -0.15) is 0 Å². The lowest BCUT2D eigenvalue weighted by Crippen LogP contribution is -1.94. The highest BCUT2D eigenvalue weighted by Gasteiger charge is 2.15. The second-order valence-corrected chi connectivity index (χ2v) is 13.3. The van der Waals surface area contributed by atoms with E-state index in [1.165, 1.54) is 75.8 Å². The Morgan fingerprint density at radius 3 is 0.975 bits per heavy atom. The van der Waals surface area contributed by atoms with Crippen LogP contribution in [-0.4, -0.2) is 0 Å². The molecule has 0 aliphatic heterocycles. The van der Waals surface area contributed by atoms with Crippen LogP contribution in [0, 0.1) is 0 Å². The quantitative estimate of drug-likeness (QED) is 0.164. The molecule has 0 radical (unpaired) electrons. The van der Waals surface area contributed by atoms with E-state index >= 15 is 0 Å². The molecule has 0 heterocycles. The average molecular weight is 646 g/mol. The standard InChI is InChI=1S/C22H22.C16H8Br2/c1-13(2)17-9-5-15-8-12-20-18(14(3)4)10-6-16-7-11-19(17)21(15)22(16)20;17-13-8-4-10-2-6-12-14(18)7-3-9-1-5-11(13)16(10)15(9)12/h5-14H,1-4H3;1-8H. The van der Waals surface area contributed by atoms with Gasteiger partial charge in [0, 0.05) is 8.95 Å². The van der Waals surface area contributed by atoms with Crippen molar-refractivity contribution in [3.63, 3.8) is 0 Å². The predicted octanol–water partition coefficient (Wildman–Crippen LogP) is 12.9. The van der Waals surface area contributed by atoms with Crippen molar-refractivity contribution in [2.45, 2.75) is 39.5 Å². The Labute approximate surface area is 251 Å². The first-order valence-corrected chi connectivity index (χ1v) is 15.6. The van der Waals surface area contributed by atoms with Crippen molar-refractivity contribution >= 4 is 96.5 Å². The molecule has 0 N–H and O–H groups in total. The van der Waals surface area contributed by atoms with Crippen molar-refractivity contribution in [3.05, 3.63) is 117 Å². The van der Waals surface area contributed by atoms with Gasteiger partial charge < -0.3 is 0 Å². The van der Waals surface area contributed by atoms with Gasteiger partial charge in [0.15, 0.2) is 0 Å². The van der Waals surface area contributed by atoms with Crippen LogP contribution in [0.5, 0.6) is 0 Å². The molecule has 8 rings (SSSR count). The van der Waals surface area contributed by atoms with Crippen LogP contribution in [0.4, 0.5) is 0 Å². The summed E-state index contributed by atoms with van der Waals surface area (Å²) in [6.07, 6.45) is 0. The minimum absolute atomic E-state index is 0.550.